The fraction of sp³-hybridized carbons (Fsp3) is 0.150. The number of aromatic nitrogens is 2. The summed E-state index contributed by atoms with van der Waals surface area (Å²) in [7, 11) is 1.55. The highest BCUT2D eigenvalue weighted by molar-refractivity contribution is 6.02. The van der Waals surface area contributed by atoms with Crippen molar-refractivity contribution in [1.29, 1.82) is 0 Å². The number of hydrogen-bond donors (Lipinski definition) is 1. The molecular formula is C20H18FN3O4. The molecule has 0 aliphatic carbocycles. The van der Waals surface area contributed by atoms with Crippen molar-refractivity contribution in [3.8, 4) is 17.3 Å². The number of benzene rings is 2. The molecule has 144 valence electrons. The van der Waals surface area contributed by atoms with Gasteiger partial charge in [0.1, 0.15) is 11.6 Å². The zero-order valence-electron chi connectivity index (χ0n) is 15.3. The summed E-state index contributed by atoms with van der Waals surface area (Å²) in [6.07, 6.45) is 0. The molecule has 1 amide bonds. The number of nitrogens with one attached hydrogen (secondary N) is 1. The smallest absolute Gasteiger partial charge is 0.280 e. The van der Waals surface area contributed by atoms with E-state index in [-0.39, 0.29) is 11.6 Å². The molecule has 0 fully saturated rings. The molecule has 1 heterocycles. The van der Waals surface area contributed by atoms with Gasteiger partial charge in [-0.2, -0.15) is 5.10 Å². The van der Waals surface area contributed by atoms with Crippen molar-refractivity contribution in [3.63, 3.8) is 0 Å². The van der Waals surface area contributed by atoms with E-state index in [2.05, 4.69) is 10.4 Å². The fourth-order valence-corrected chi connectivity index (χ4v) is 2.48. The lowest BCUT2D eigenvalue weighted by Crippen LogP contribution is -2.26. The number of ether oxygens (including phenoxy) is 2. The maximum Gasteiger partial charge on any atom is 0.280 e. The second kappa shape index (κ2) is 8.34. The summed E-state index contributed by atoms with van der Waals surface area (Å²) in [5.41, 5.74) is 0.0222. The van der Waals surface area contributed by atoms with Gasteiger partial charge in [0.25, 0.3) is 5.91 Å². The second-order valence-electron chi connectivity index (χ2n) is 5.70. The Morgan fingerprint density at radius 3 is 2.43 bits per heavy atom. The summed E-state index contributed by atoms with van der Waals surface area (Å²) in [4.78, 5) is 24.9. The third-order valence-corrected chi connectivity index (χ3v) is 3.82. The maximum absolute atomic E-state index is 13.0. The minimum Gasteiger partial charge on any atom is -0.497 e. The average molecular weight is 383 g/mol. The van der Waals surface area contributed by atoms with Crippen LogP contribution in [0.1, 0.15) is 17.4 Å². The molecule has 0 radical (unpaired) electrons. The predicted molar refractivity (Wildman–Crippen MR) is 102 cm³/mol. The normalized spacial score (nSPS) is 10.4. The van der Waals surface area contributed by atoms with E-state index in [1.54, 1.807) is 38.3 Å². The first kappa shape index (κ1) is 19.1. The van der Waals surface area contributed by atoms with Crippen molar-refractivity contribution in [2.45, 2.75) is 6.92 Å². The van der Waals surface area contributed by atoms with Crippen LogP contribution in [0.4, 0.5) is 10.1 Å². The van der Waals surface area contributed by atoms with Crippen LogP contribution in [0.2, 0.25) is 0 Å². The van der Waals surface area contributed by atoms with Crippen LogP contribution in [0.15, 0.2) is 59.4 Å². The second-order valence-corrected chi connectivity index (χ2v) is 5.70. The zero-order chi connectivity index (χ0) is 20.1. The van der Waals surface area contributed by atoms with Crippen molar-refractivity contribution in [2.24, 2.45) is 0 Å². The molecule has 0 saturated heterocycles. The first-order chi connectivity index (χ1) is 13.5. The first-order valence-corrected chi connectivity index (χ1v) is 8.50. The summed E-state index contributed by atoms with van der Waals surface area (Å²) < 4.78 is 25.0. The van der Waals surface area contributed by atoms with E-state index in [1.165, 1.54) is 35.0 Å². The number of carbonyl (C=O) groups is 1. The van der Waals surface area contributed by atoms with Gasteiger partial charge in [-0.15, -0.1) is 0 Å². The molecule has 3 rings (SSSR count). The number of carbonyl (C=O) groups excluding carboxylic acids is 1. The molecule has 2 aromatic carbocycles. The van der Waals surface area contributed by atoms with Gasteiger partial charge in [0, 0.05) is 5.69 Å². The van der Waals surface area contributed by atoms with Crippen LogP contribution in [0.5, 0.6) is 11.6 Å². The Balaban J connectivity index is 2.00. The van der Waals surface area contributed by atoms with Crippen molar-refractivity contribution in [1.82, 2.24) is 9.78 Å². The third-order valence-electron chi connectivity index (χ3n) is 3.82. The summed E-state index contributed by atoms with van der Waals surface area (Å²) in [5, 5.41) is 6.71. The Morgan fingerprint density at radius 2 is 1.82 bits per heavy atom. The number of halogens is 1. The van der Waals surface area contributed by atoms with Gasteiger partial charge in [-0.25, -0.2) is 9.07 Å². The van der Waals surface area contributed by atoms with E-state index in [4.69, 9.17) is 9.47 Å². The zero-order valence-corrected chi connectivity index (χ0v) is 15.3. The lowest BCUT2D eigenvalue weighted by Gasteiger charge is -2.14. The SMILES string of the molecule is CCOc1cc(=O)c(C(=O)Nc2ccc(F)cc2)nn1-c1ccc(OC)cc1. The first-order valence-electron chi connectivity index (χ1n) is 8.50. The summed E-state index contributed by atoms with van der Waals surface area (Å²) >= 11 is 0. The van der Waals surface area contributed by atoms with E-state index < -0.39 is 17.2 Å². The molecule has 0 bridgehead atoms. The molecule has 1 N–H and O–H groups in total. The number of hydrogen-bond acceptors (Lipinski definition) is 5. The minimum absolute atomic E-state index is 0.205. The Bertz CT molecular complexity index is 1030. The van der Waals surface area contributed by atoms with Gasteiger partial charge < -0.3 is 14.8 Å². The molecule has 0 saturated carbocycles. The molecule has 0 spiro atoms. The van der Waals surface area contributed by atoms with Crippen LogP contribution >= 0.6 is 0 Å². The summed E-state index contributed by atoms with van der Waals surface area (Å²) in [5.74, 6) is -0.283. The van der Waals surface area contributed by atoms with E-state index in [9.17, 15) is 14.0 Å². The number of methoxy groups -OCH3 is 1. The van der Waals surface area contributed by atoms with Gasteiger partial charge in [-0.3, -0.25) is 9.59 Å². The van der Waals surface area contributed by atoms with Gasteiger partial charge in [-0.05, 0) is 55.5 Å². The van der Waals surface area contributed by atoms with Crippen LogP contribution in [-0.2, 0) is 0 Å². The Hall–Kier alpha value is -3.68. The lowest BCUT2D eigenvalue weighted by atomic mass is 10.2. The van der Waals surface area contributed by atoms with Crippen LogP contribution in [0.3, 0.4) is 0 Å². The Kier molecular flexibility index (Phi) is 5.69. The van der Waals surface area contributed by atoms with Crippen LogP contribution in [0.25, 0.3) is 5.69 Å². The van der Waals surface area contributed by atoms with Crippen molar-refractivity contribution < 1.29 is 18.7 Å². The molecule has 0 aliphatic heterocycles. The molecule has 28 heavy (non-hydrogen) atoms. The molecule has 0 aliphatic rings. The van der Waals surface area contributed by atoms with Crippen LogP contribution < -0.4 is 20.2 Å². The Morgan fingerprint density at radius 1 is 1.14 bits per heavy atom. The molecule has 3 aromatic rings. The maximum atomic E-state index is 13.0. The largest absolute Gasteiger partial charge is 0.497 e. The van der Waals surface area contributed by atoms with E-state index in [1.807, 2.05) is 0 Å². The molecule has 0 atom stereocenters. The van der Waals surface area contributed by atoms with Crippen molar-refractivity contribution in [2.75, 3.05) is 19.0 Å². The standard InChI is InChI=1S/C20H18FN3O4/c1-3-28-18-12-17(25)19(20(26)22-14-6-4-13(21)5-7-14)23-24(18)15-8-10-16(27-2)11-9-15/h4-12H,3H2,1-2H3,(H,22,26). The van der Waals surface area contributed by atoms with Gasteiger partial charge in [-0.1, -0.05) is 0 Å². The predicted octanol–water partition coefficient (Wildman–Crippen LogP) is 3.03. The molecule has 0 unspecified atom stereocenters. The average Bonchev–Trinajstić information content (AvgIpc) is 2.70. The van der Waals surface area contributed by atoms with Gasteiger partial charge in [0.15, 0.2) is 5.69 Å². The van der Waals surface area contributed by atoms with Gasteiger partial charge in [0.05, 0.1) is 25.5 Å². The monoisotopic (exact) mass is 383 g/mol. The highest BCUT2D eigenvalue weighted by Crippen LogP contribution is 2.19. The van der Waals surface area contributed by atoms with Gasteiger partial charge in [0.2, 0.25) is 11.3 Å². The topological polar surface area (TPSA) is 82.5 Å². The number of nitrogens with zero attached hydrogens (tertiary/aromatic N) is 2. The summed E-state index contributed by atoms with van der Waals surface area (Å²) in [6, 6.07) is 13.3. The quantitative estimate of drug-likeness (QED) is 0.708. The highest BCUT2D eigenvalue weighted by Gasteiger charge is 2.18. The van der Waals surface area contributed by atoms with E-state index in [0.29, 0.717) is 23.7 Å². The third kappa shape index (κ3) is 4.17. The molecular weight excluding hydrogens is 365 g/mol. The van der Waals surface area contributed by atoms with Gasteiger partial charge >= 0.3 is 0 Å². The number of rotatable bonds is 6. The highest BCUT2D eigenvalue weighted by atomic mass is 19.1. The number of anilines is 1. The van der Waals surface area contributed by atoms with E-state index in [0.717, 1.165) is 0 Å². The fourth-order valence-electron chi connectivity index (χ4n) is 2.48. The van der Waals surface area contributed by atoms with E-state index >= 15 is 0 Å². The van der Waals surface area contributed by atoms with Crippen molar-refractivity contribution in [3.05, 3.63) is 76.3 Å². The van der Waals surface area contributed by atoms with Crippen LogP contribution in [0, 0.1) is 5.82 Å². The Labute approximate surface area is 160 Å². The minimum atomic E-state index is -0.707. The molecule has 7 nitrogen and oxygen atoms in total. The lowest BCUT2D eigenvalue weighted by molar-refractivity contribution is 0.101. The number of amides is 1. The van der Waals surface area contributed by atoms with Crippen LogP contribution in [-0.4, -0.2) is 29.4 Å². The van der Waals surface area contributed by atoms with Crippen molar-refractivity contribution >= 4 is 11.6 Å². The molecule has 1 aromatic heterocycles. The summed E-state index contributed by atoms with van der Waals surface area (Å²) in [6.45, 7) is 2.09. The molecule has 8 heteroatoms.